The van der Waals surface area contributed by atoms with Gasteiger partial charge in [0, 0.05) is 13.5 Å². The molecule has 1 aromatic carbocycles. The van der Waals surface area contributed by atoms with Gasteiger partial charge in [-0.25, -0.2) is 4.79 Å². The predicted molar refractivity (Wildman–Crippen MR) is 118 cm³/mol. The van der Waals surface area contributed by atoms with Crippen molar-refractivity contribution < 1.29 is 33.4 Å². The first-order valence-electron chi connectivity index (χ1n) is 10.5. The van der Waals surface area contributed by atoms with E-state index < -0.39 is 35.6 Å². The van der Waals surface area contributed by atoms with Crippen molar-refractivity contribution >= 4 is 35.7 Å². The minimum Gasteiger partial charge on any atom is -0.455 e. The third-order valence-electron chi connectivity index (χ3n) is 5.61. The Bertz CT molecular complexity index is 1020. The molecule has 0 radical (unpaired) electrons. The Kier molecular flexibility index (Phi) is 6.46. The van der Waals surface area contributed by atoms with Gasteiger partial charge >= 0.3 is 12.1 Å². The number of β-lactam (4-membered cyclic amide) rings is 1. The monoisotopic (exact) mass is 472 g/mol. The molecule has 174 valence electrons. The zero-order chi connectivity index (χ0) is 23.7. The smallest absolute Gasteiger partial charge is 0.455 e. The third kappa shape index (κ3) is 4.35. The summed E-state index contributed by atoms with van der Waals surface area (Å²) in [5.74, 6) is -1.73. The highest BCUT2D eigenvalue weighted by molar-refractivity contribution is 8.04. The summed E-state index contributed by atoms with van der Waals surface area (Å²) < 4.78 is 15.6. The van der Waals surface area contributed by atoms with E-state index in [1.807, 2.05) is 30.3 Å². The summed E-state index contributed by atoms with van der Waals surface area (Å²) in [5, 5.41) is -0.427. The van der Waals surface area contributed by atoms with Crippen LogP contribution in [0.5, 0.6) is 0 Å². The van der Waals surface area contributed by atoms with Crippen LogP contribution in [0.4, 0.5) is 4.79 Å². The summed E-state index contributed by atoms with van der Waals surface area (Å²) in [6.07, 6.45) is -0.906. The van der Waals surface area contributed by atoms with Crippen molar-refractivity contribution in [1.29, 1.82) is 0 Å². The Morgan fingerprint density at radius 1 is 1.27 bits per heavy atom. The van der Waals surface area contributed by atoms with E-state index in [1.165, 1.54) is 29.7 Å². The van der Waals surface area contributed by atoms with Crippen molar-refractivity contribution in [3.05, 3.63) is 59.2 Å². The zero-order valence-corrected chi connectivity index (χ0v) is 19.1. The van der Waals surface area contributed by atoms with Crippen LogP contribution in [-0.4, -0.2) is 64.5 Å². The van der Waals surface area contributed by atoms with Crippen molar-refractivity contribution in [3.63, 3.8) is 0 Å². The van der Waals surface area contributed by atoms with Crippen LogP contribution in [0.3, 0.4) is 0 Å². The maximum Gasteiger partial charge on any atom is 0.508 e. The molecule has 4 rings (SSSR count). The molecule has 0 N–H and O–H groups in total. The first kappa shape index (κ1) is 22.9. The predicted octanol–water partition coefficient (Wildman–Crippen LogP) is 2.43. The van der Waals surface area contributed by atoms with E-state index in [9.17, 15) is 19.2 Å². The van der Waals surface area contributed by atoms with Crippen LogP contribution < -0.4 is 0 Å². The molecule has 3 aliphatic rings. The van der Waals surface area contributed by atoms with Gasteiger partial charge in [-0.05, 0) is 12.5 Å². The summed E-state index contributed by atoms with van der Waals surface area (Å²) in [6, 6.07) is 9.45. The molecule has 33 heavy (non-hydrogen) atoms. The molecule has 0 aliphatic carbocycles. The lowest BCUT2D eigenvalue weighted by Crippen LogP contribution is -2.62. The summed E-state index contributed by atoms with van der Waals surface area (Å²) in [6.45, 7) is 6.90. The minimum absolute atomic E-state index is 0.000137. The molecule has 0 bridgehead atoms. The highest BCUT2D eigenvalue weighted by Crippen LogP contribution is 2.53. The van der Waals surface area contributed by atoms with Gasteiger partial charge < -0.3 is 19.1 Å². The standard InChI is InChI=1S/C23H24N2O7S/c1-4-10-30-23(29)31-13(2)17-20(27)25-18-19(33-22(17)25)16(32-14(3)26)12-24(21(18)28)11-15-8-6-5-7-9-15/h4-9,13,16-17,22H,1,10-12H2,2-3H3/t13-,16?,17+,22+/m1/s1. The van der Waals surface area contributed by atoms with Crippen LogP contribution in [0.25, 0.3) is 0 Å². The SMILES string of the molecule is C=CCOC(=O)O[C@H](C)[C@H]1C(=O)N2C3=C(S[C@@H]12)C(OC(C)=O)CN(Cc1ccccc1)C3=O. The van der Waals surface area contributed by atoms with Crippen molar-refractivity contribution in [2.24, 2.45) is 5.92 Å². The molecule has 0 saturated carbocycles. The molecule has 2 amide bonds. The fourth-order valence-electron chi connectivity index (χ4n) is 4.16. The quantitative estimate of drug-likeness (QED) is 0.339. The van der Waals surface area contributed by atoms with E-state index in [4.69, 9.17) is 14.2 Å². The van der Waals surface area contributed by atoms with Gasteiger partial charge in [0.25, 0.3) is 5.91 Å². The number of rotatable bonds is 7. The molecular formula is C23H24N2O7S. The molecule has 0 aromatic heterocycles. The lowest BCUT2D eigenvalue weighted by atomic mass is 9.91. The first-order chi connectivity index (χ1) is 15.8. The largest absolute Gasteiger partial charge is 0.508 e. The topological polar surface area (TPSA) is 102 Å². The van der Waals surface area contributed by atoms with Gasteiger partial charge in [0.15, 0.2) is 6.10 Å². The Balaban J connectivity index is 1.54. The molecule has 1 unspecified atom stereocenters. The average Bonchev–Trinajstić information content (AvgIpc) is 3.11. The summed E-state index contributed by atoms with van der Waals surface area (Å²) >= 11 is 1.30. The van der Waals surface area contributed by atoms with Crippen LogP contribution in [0, 0.1) is 5.92 Å². The lowest BCUT2D eigenvalue weighted by molar-refractivity contribution is -0.157. The summed E-state index contributed by atoms with van der Waals surface area (Å²) in [5.41, 5.74) is 1.16. The van der Waals surface area contributed by atoms with Crippen molar-refractivity contribution in [2.45, 2.75) is 38.0 Å². The Morgan fingerprint density at radius 2 is 2.00 bits per heavy atom. The van der Waals surface area contributed by atoms with Crippen LogP contribution in [0.2, 0.25) is 0 Å². The van der Waals surface area contributed by atoms with Gasteiger partial charge in [-0.2, -0.15) is 0 Å². The molecule has 1 saturated heterocycles. The fourth-order valence-corrected chi connectivity index (χ4v) is 5.79. The average molecular weight is 473 g/mol. The zero-order valence-electron chi connectivity index (χ0n) is 18.3. The van der Waals surface area contributed by atoms with E-state index in [0.717, 1.165) is 5.56 Å². The van der Waals surface area contributed by atoms with Gasteiger partial charge in [-0.15, -0.1) is 0 Å². The van der Waals surface area contributed by atoms with Crippen molar-refractivity contribution in [2.75, 3.05) is 13.2 Å². The number of benzene rings is 1. The van der Waals surface area contributed by atoms with E-state index in [0.29, 0.717) is 11.4 Å². The van der Waals surface area contributed by atoms with Gasteiger partial charge in [0.1, 0.15) is 29.7 Å². The molecule has 3 heterocycles. The number of amides is 2. The van der Waals surface area contributed by atoms with Crippen LogP contribution in [0.1, 0.15) is 19.4 Å². The molecule has 3 aliphatic heterocycles. The van der Waals surface area contributed by atoms with E-state index in [2.05, 4.69) is 6.58 Å². The molecule has 0 spiro atoms. The van der Waals surface area contributed by atoms with Crippen LogP contribution in [-0.2, 0) is 35.1 Å². The van der Waals surface area contributed by atoms with Gasteiger partial charge in [0.05, 0.1) is 11.4 Å². The summed E-state index contributed by atoms with van der Waals surface area (Å²) in [4.78, 5) is 53.5. The maximum absolute atomic E-state index is 13.4. The van der Waals surface area contributed by atoms with E-state index in [-0.39, 0.29) is 30.7 Å². The van der Waals surface area contributed by atoms with Crippen LogP contribution >= 0.6 is 11.8 Å². The molecule has 1 fully saturated rings. The third-order valence-corrected chi connectivity index (χ3v) is 7.06. The normalized spacial score (nSPS) is 24.5. The Morgan fingerprint density at radius 3 is 2.67 bits per heavy atom. The number of carbonyl (C=O) groups is 4. The molecule has 9 nitrogen and oxygen atoms in total. The lowest BCUT2D eigenvalue weighted by Gasteiger charge is -2.45. The molecule has 4 atom stereocenters. The van der Waals surface area contributed by atoms with Gasteiger partial charge in [-0.3, -0.25) is 19.3 Å². The van der Waals surface area contributed by atoms with E-state index in [1.54, 1.807) is 11.8 Å². The maximum atomic E-state index is 13.4. The number of carbonyl (C=O) groups excluding carboxylic acids is 4. The minimum atomic E-state index is -0.891. The summed E-state index contributed by atoms with van der Waals surface area (Å²) in [7, 11) is 0. The van der Waals surface area contributed by atoms with Crippen molar-refractivity contribution in [3.8, 4) is 0 Å². The number of fused-ring (bicyclic) bond motifs is 2. The second-order valence-electron chi connectivity index (χ2n) is 7.90. The second-order valence-corrected chi connectivity index (χ2v) is 9.06. The highest BCUT2D eigenvalue weighted by atomic mass is 32.2. The number of hydrogen-bond donors (Lipinski definition) is 0. The van der Waals surface area contributed by atoms with Gasteiger partial charge in [-0.1, -0.05) is 54.7 Å². The van der Waals surface area contributed by atoms with Crippen molar-refractivity contribution in [1.82, 2.24) is 9.80 Å². The van der Waals surface area contributed by atoms with Crippen LogP contribution in [0.15, 0.2) is 53.6 Å². The number of esters is 1. The number of nitrogens with zero attached hydrogens (tertiary/aromatic N) is 2. The van der Waals surface area contributed by atoms with Gasteiger partial charge in [0.2, 0.25) is 5.91 Å². The first-order valence-corrected chi connectivity index (χ1v) is 11.4. The Hall–Kier alpha value is -3.27. The molecular weight excluding hydrogens is 448 g/mol. The molecule has 1 aromatic rings. The number of ether oxygens (including phenoxy) is 3. The highest BCUT2D eigenvalue weighted by Gasteiger charge is 2.61. The van der Waals surface area contributed by atoms with E-state index >= 15 is 0 Å². The number of thioether (sulfide) groups is 1. The molecule has 10 heteroatoms. The second kappa shape index (κ2) is 9.30. The number of hydrogen-bond acceptors (Lipinski definition) is 8. The fraction of sp³-hybridized carbons (Fsp3) is 0.391. The Labute approximate surface area is 195 Å².